The maximum atomic E-state index is 12.6. The molecular weight excluding hydrogens is 338 g/mol. The van der Waals surface area contributed by atoms with E-state index in [0.717, 1.165) is 31.4 Å². The standard InChI is InChI=1S/C19H26ClN3O2/c1-4-6-13-23(14(3)5-2)18(24)12-11-17-21-19(22-25-17)15-7-9-16(20)10-8-15/h7-10,14H,4-6,11-13H2,1-3H3. The molecular formula is C19H26ClN3O2. The minimum atomic E-state index is 0.147. The third-order valence-corrected chi connectivity index (χ3v) is 4.57. The zero-order valence-corrected chi connectivity index (χ0v) is 15.9. The Kier molecular flexibility index (Phi) is 7.44. The maximum absolute atomic E-state index is 12.6. The SMILES string of the molecule is CCCCN(C(=O)CCc1nc(-c2ccc(Cl)cc2)no1)C(C)CC. The van der Waals surface area contributed by atoms with E-state index in [4.69, 9.17) is 16.1 Å². The predicted molar refractivity (Wildman–Crippen MR) is 99.4 cm³/mol. The Balaban J connectivity index is 1.95. The minimum absolute atomic E-state index is 0.147. The molecule has 2 rings (SSSR count). The van der Waals surface area contributed by atoms with Gasteiger partial charge < -0.3 is 9.42 Å². The van der Waals surface area contributed by atoms with Crippen molar-refractivity contribution in [1.29, 1.82) is 0 Å². The van der Waals surface area contributed by atoms with Gasteiger partial charge in [0, 0.05) is 36.0 Å². The lowest BCUT2D eigenvalue weighted by atomic mass is 10.1. The van der Waals surface area contributed by atoms with Crippen LogP contribution in [0.4, 0.5) is 0 Å². The molecule has 0 radical (unpaired) electrons. The molecule has 25 heavy (non-hydrogen) atoms. The van der Waals surface area contributed by atoms with Gasteiger partial charge in [0.25, 0.3) is 0 Å². The van der Waals surface area contributed by atoms with E-state index in [9.17, 15) is 4.79 Å². The molecule has 0 saturated carbocycles. The lowest BCUT2D eigenvalue weighted by Gasteiger charge is -2.28. The Labute approximate surface area is 154 Å². The van der Waals surface area contributed by atoms with E-state index < -0.39 is 0 Å². The van der Waals surface area contributed by atoms with Crippen molar-refractivity contribution >= 4 is 17.5 Å². The number of halogens is 1. The fourth-order valence-electron chi connectivity index (χ4n) is 2.57. The largest absolute Gasteiger partial charge is 0.340 e. The third kappa shape index (κ3) is 5.56. The number of amides is 1. The van der Waals surface area contributed by atoms with Crippen LogP contribution in [0.2, 0.25) is 5.02 Å². The van der Waals surface area contributed by atoms with Crippen molar-refractivity contribution in [2.75, 3.05) is 6.54 Å². The van der Waals surface area contributed by atoms with Gasteiger partial charge in [-0.15, -0.1) is 0 Å². The quantitative estimate of drug-likeness (QED) is 0.645. The molecule has 1 unspecified atom stereocenters. The first-order valence-electron chi connectivity index (χ1n) is 8.93. The average Bonchev–Trinajstić information content (AvgIpc) is 3.09. The van der Waals surface area contributed by atoms with E-state index in [2.05, 4.69) is 30.9 Å². The molecule has 0 N–H and O–H groups in total. The van der Waals surface area contributed by atoms with E-state index in [-0.39, 0.29) is 11.9 Å². The van der Waals surface area contributed by atoms with Gasteiger partial charge in [-0.05, 0) is 44.0 Å². The Morgan fingerprint density at radius 3 is 2.64 bits per heavy atom. The van der Waals surface area contributed by atoms with Crippen molar-refractivity contribution in [1.82, 2.24) is 15.0 Å². The number of unbranched alkanes of at least 4 members (excludes halogenated alkanes) is 1. The molecule has 2 aromatic rings. The Hall–Kier alpha value is -1.88. The van der Waals surface area contributed by atoms with E-state index in [1.165, 1.54) is 0 Å². The Bertz CT molecular complexity index is 670. The summed E-state index contributed by atoms with van der Waals surface area (Å²) in [6.07, 6.45) is 3.90. The number of aryl methyl sites for hydroxylation is 1. The number of carbonyl (C=O) groups is 1. The highest BCUT2D eigenvalue weighted by atomic mass is 35.5. The van der Waals surface area contributed by atoms with Crippen molar-refractivity contribution in [2.45, 2.75) is 58.9 Å². The van der Waals surface area contributed by atoms with Crippen molar-refractivity contribution in [3.63, 3.8) is 0 Å². The molecule has 1 heterocycles. The fraction of sp³-hybridized carbons (Fsp3) is 0.526. The summed E-state index contributed by atoms with van der Waals surface area (Å²) in [6.45, 7) is 7.15. The van der Waals surface area contributed by atoms with E-state index in [1.807, 2.05) is 17.0 Å². The number of aromatic nitrogens is 2. The molecule has 1 atom stereocenters. The molecule has 1 amide bonds. The molecule has 136 valence electrons. The van der Waals surface area contributed by atoms with Crippen molar-refractivity contribution in [3.8, 4) is 11.4 Å². The van der Waals surface area contributed by atoms with Gasteiger partial charge in [0.1, 0.15) is 0 Å². The highest BCUT2D eigenvalue weighted by Crippen LogP contribution is 2.19. The number of rotatable bonds is 9. The summed E-state index contributed by atoms with van der Waals surface area (Å²) in [7, 11) is 0. The topological polar surface area (TPSA) is 59.2 Å². The molecule has 0 fully saturated rings. The number of nitrogens with zero attached hydrogens (tertiary/aromatic N) is 3. The van der Waals surface area contributed by atoms with Gasteiger partial charge >= 0.3 is 0 Å². The predicted octanol–water partition coefficient (Wildman–Crippen LogP) is 4.75. The lowest BCUT2D eigenvalue weighted by Crippen LogP contribution is -2.39. The van der Waals surface area contributed by atoms with E-state index in [1.54, 1.807) is 12.1 Å². The maximum Gasteiger partial charge on any atom is 0.227 e. The second kappa shape index (κ2) is 9.56. The molecule has 0 bridgehead atoms. The normalized spacial score (nSPS) is 12.2. The first-order chi connectivity index (χ1) is 12.0. The summed E-state index contributed by atoms with van der Waals surface area (Å²) in [5.74, 6) is 1.15. The first-order valence-corrected chi connectivity index (χ1v) is 9.30. The van der Waals surface area contributed by atoms with Crippen LogP contribution in [-0.2, 0) is 11.2 Å². The van der Waals surface area contributed by atoms with Gasteiger partial charge in [-0.2, -0.15) is 4.98 Å². The van der Waals surface area contributed by atoms with Gasteiger partial charge in [0.15, 0.2) is 0 Å². The molecule has 0 spiro atoms. The highest BCUT2D eigenvalue weighted by molar-refractivity contribution is 6.30. The van der Waals surface area contributed by atoms with Crippen LogP contribution in [0.5, 0.6) is 0 Å². The van der Waals surface area contributed by atoms with Gasteiger partial charge in [0.2, 0.25) is 17.6 Å². The van der Waals surface area contributed by atoms with Crippen LogP contribution in [0, 0.1) is 0 Å². The molecule has 5 nitrogen and oxygen atoms in total. The number of hydrogen-bond donors (Lipinski definition) is 0. The fourth-order valence-corrected chi connectivity index (χ4v) is 2.70. The van der Waals surface area contributed by atoms with Gasteiger partial charge in [-0.1, -0.05) is 37.0 Å². The Morgan fingerprint density at radius 1 is 1.28 bits per heavy atom. The molecule has 6 heteroatoms. The van der Waals surface area contributed by atoms with Crippen LogP contribution >= 0.6 is 11.6 Å². The van der Waals surface area contributed by atoms with Crippen LogP contribution in [0.3, 0.4) is 0 Å². The van der Waals surface area contributed by atoms with Gasteiger partial charge in [0.05, 0.1) is 0 Å². The summed E-state index contributed by atoms with van der Waals surface area (Å²) in [4.78, 5) is 18.9. The lowest BCUT2D eigenvalue weighted by molar-refractivity contribution is -0.133. The third-order valence-electron chi connectivity index (χ3n) is 4.32. The summed E-state index contributed by atoms with van der Waals surface area (Å²) < 4.78 is 5.28. The second-order valence-electron chi connectivity index (χ2n) is 6.22. The van der Waals surface area contributed by atoms with Gasteiger partial charge in [-0.3, -0.25) is 4.79 Å². The second-order valence-corrected chi connectivity index (χ2v) is 6.65. The van der Waals surface area contributed by atoms with Crippen molar-refractivity contribution in [3.05, 3.63) is 35.2 Å². The minimum Gasteiger partial charge on any atom is -0.340 e. The van der Waals surface area contributed by atoms with Crippen LogP contribution in [0.25, 0.3) is 11.4 Å². The summed E-state index contributed by atoms with van der Waals surface area (Å²) in [5.41, 5.74) is 0.843. The highest BCUT2D eigenvalue weighted by Gasteiger charge is 2.19. The molecule has 0 aliphatic rings. The van der Waals surface area contributed by atoms with Crippen molar-refractivity contribution < 1.29 is 9.32 Å². The summed E-state index contributed by atoms with van der Waals surface area (Å²) in [5, 5.41) is 4.65. The van der Waals surface area contributed by atoms with Crippen LogP contribution in [0.1, 0.15) is 52.3 Å². The number of carbonyl (C=O) groups excluding carboxylic acids is 1. The van der Waals surface area contributed by atoms with Crippen molar-refractivity contribution in [2.24, 2.45) is 0 Å². The smallest absolute Gasteiger partial charge is 0.227 e. The Morgan fingerprint density at radius 2 is 2.00 bits per heavy atom. The number of hydrogen-bond acceptors (Lipinski definition) is 4. The monoisotopic (exact) mass is 363 g/mol. The molecule has 0 saturated heterocycles. The molecule has 1 aromatic heterocycles. The zero-order valence-electron chi connectivity index (χ0n) is 15.2. The van der Waals surface area contributed by atoms with Gasteiger partial charge in [-0.25, -0.2) is 0 Å². The van der Waals surface area contributed by atoms with Crippen LogP contribution in [0.15, 0.2) is 28.8 Å². The van der Waals surface area contributed by atoms with E-state index >= 15 is 0 Å². The zero-order chi connectivity index (χ0) is 18.2. The van der Waals surface area contributed by atoms with E-state index in [0.29, 0.717) is 29.6 Å². The average molecular weight is 364 g/mol. The summed E-state index contributed by atoms with van der Waals surface area (Å²) >= 11 is 5.89. The number of benzene rings is 1. The summed E-state index contributed by atoms with van der Waals surface area (Å²) in [6, 6.07) is 7.52. The molecule has 1 aromatic carbocycles. The first kappa shape index (κ1) is 19.4. The molecule has 0 aliphatic heterocycles. The van der Waals surface area contributed by atoms with Crippen LogP contribution < -0.4 is 0 Å². The molecule has 0 aliphatic carbocycles. The van der Waals surface area contributed by atoms with Crippen LogP contribution in [-0.4, -0.2) is 33.5 Å².